The van der Waals surface area contributed by atoms with Crippen molar-refractivity contribution in [3.63, 3.8) is 0 Å². The molecule has 102 valence electrons. The fourth-order valence-corrected chi connectivity index (χ4v) is 2.01. The van der Waals surface area contributed by atoms with Crippen LogP contribution in [-0.2, 0) is 4.79 Å². The highest BCUT2D eigenvalue weighted by atomic mass is 16.2. The molecule has 1 aliphatic heterocycles. The predicted octanol–water partition coefficient (Wildman–Crippen LogP) is 2.61. The quantitative estimate of drug-likeness (QED) is 0.740. The average molecular weight is 242 g/mol. The van der Waals surface area contributed by atoms with Gasteiger partial charge >= 0.3 is 0 Å². The maximum Gasteiger partial charge on any atom is 0.236 e. The standard InChI is InChI=1S/C12H24N2O.C2H6/c1-4-14-9-8-13(10-12(14)15)7-5-6-11(2)3;1-2/h11H,4-10H2,1-3H3;1-2H3. The molecule has 1 heterocycles. The Morgan fingerprint density at radius 1 is 1.24 bits per heavy atom. The molecule has 0 aromatic carbocycles. The Balaban J connectivity index is 0.00000121. The molecule has 0 bridgehead atoms. The number of rotatable bonds is 5. The second-order valence-electron chi connectivity index (χ2n) is 4.79. The normalized spacial score (nSPS) is 17.1. The van der Waals surface area contributed by atoms with E-state index in [1.54, 1.807) is 0 Å². The van der Waals surface area contributed by atoms with Gasteiger partial charge in [0.2, 0.25) is 5.91 Å². The Labute approximate surface area is 107 Å². The van der Waals surface area contributed by atoms with E-state index < -0.39 is 0 Å². The first kappa shape index (κ1) is 16.4. The van der Waals surface area contributed by atoms with Gasteiger partial charge in [0.25, 0.3) is 0 Å². The van der Waals surface area contributed by atoms with E-state index in [2.05, 4.69) is 18.7 Å². The molecule has 0 spiro atoms. The van der Waals surface area contributed by atoms with Crippen LogP contribution in [0.1, 0.15) is 47.5 Å². The lowest BCUT2D eigenvalue weighted by molar-refractivity contribution is -0.135. The van der Waals surface area contributed by atoms with Crippen LogP contribution in [0.5, 0.6) is 0 Å². The van der Waals surface area contributed by atoms with Crippen molar-refractivity contribution < 1.29 is 4.79 Å². The summed E-state index contributed by atoms with van der Waals surface area (Å²) in [5.74, 6) is 1.07. The fourth-order valence-electron chi connectivity index (χ4n) is 2.01. The molecule has 0 atom stereocenters. The molecule has 0 aromatic rings. The lowest BCUT2D eigenvalue weighted by Gasteiger charge is -2.33. The molecule has 0 aromatic heterocycles. The summed E-state index contributed by atoms with van der Waals surface area (Å²) in [6.07, 6.45) is 2.49. The third kappa shape index (κ3) is 6.67. The zero-order valence-corrected chi connectivity index (χ0v) is 12.3. The summed E-state index contributed by atoms with van der Waals surface area (Å²) in [5, 5.41) is 0. The summed E-state index contributed by atoms with van der Waals surface area (Å²) in [7, 11) is 0. The SMILES string of the molecule is CC.CCN1CCN(CCCC(C)C)CC1=O. The third-order valence-corrected chi connectivity index (χ3v) is 3.04. The Morgan fingerprint density at radius 3 is 2.35 bits per heavy atom. The van der Waals surface area contributed by atoms with E-state index in [9.17, 15) is 4.79 Å². The van der Waals surface area contributed by atoms with Crippen LogP contribution in [-0.4, -0.2) is 48.4 Å². The third-order valence-electron chi connectivity index (χ3n) is 3.04. The van der Waals surface area contributed by atoms with Gasteiger partial charge in [0.15, 0.2) is 0 Å². The van der Waals surface area contributed by atoms with E-state index in [1.807, 2.05) is 25.7 Å². The molecule has 1 aliphatic rings. The molecule has 17 heavy (non-hydrogen) atoms. The highest BCUT2D eigenvalue weighted by Crippen LogP contribution is 2.08. The topological polar surface area (TPSA) is 23.6 Å². The maximum atomic E-state index is 11.6. The summed E-state index contributed by atoms with van der Waals surface area (Å²) >= 11 is 0. The minimum absolute atomic E-state index is 0.299. The number of carbonyl (C=O) groups excluding carboxylic acids is 1. The smallest absolute Gasteiger partial charge is 0.236 e. The number of nitrogens with zero attached hydrogens (tertiary/aromatic N) is 2. The van der Waals surface area contributed by atoms with Crippen LogP contribution in [0.4, 0.5) is 0 Å². The summed E-state index contributed by atoms with van der Waals surface area (Å²) in [5.41, 5.74) is 0. The Morgan fingerprint density at radius 2 is 1.88 bits per heavy atom. The van der Waals surface area contributed by atoms with Crippen molar-refractivity contribution in [3.8, 4) is 0 Å². The van der Waals surface area contributed by atoms with Gasteiger partial charge in [0.05, 0.1) is 6.54 Å². The van der Waals surface area contributed by atoms with Crippen LogP contribution in [0.25, 0.3) is 0 Å². The zero-order chi connectivity index (χ0) is 13.3. The Kier molecular flexibility index (Phi) is 9.14. The molecule has 0 saturated carbocycles. The summed E-state index contributed by atoms with van der Waals surface area (Å²) in [6, 6.07) is 0. The van der Waals surface area contributed by atoms with E-state index in [0.717, 1.165) is 32.1 Å². The zero-order valence-electron chi connectivity index (χ0n) is 12.3. The van der Waals surface area contributed by atoms with Gasteiger partial charge in [-0.3, -0.25) is 9.69 Å². The fraction of sp³-hybridized carbons (Fsp3) is 0.929. The molecule has 1 rings (SSSR count). The largest absolute Gasteiger partial charge is 0.341 e. The molecule has 1 saturated heterocycles. The highest BCUT2D eigenvalue weighted by molar-refractivity contribution is 5.78. The van der Waals surface area contributed by atoms with Crippen molar-refractivity contribution in [1.82, 2.24) is 9.80 Å². The molecule has 1 amide bonds. The first-order chi connectivity index (χ1) is 8.13. The van der Waals surface area contributed by atoms with E-state index in [4.69, 9.17) is 0 Å². The Bertz CT molecular complexity index is 204. The highest BCUT2D eigenvalue weighted by Gasteiger charge is 2.21. The monoisotopic (exact) mass is 242 g/mol. The van der Waals surface area contributed by atoms with Gasteiger partial charge in [-0.15, -0.1) is 0 Å². The predicted molar refractivity (Wildman–Crippen MR) is 74.1 cm³/mol. The summed E-state index contributed by atoms with van der Waals surface area (Å²) in [6.45, 7) is 15.1. The molecule has 3 heteroatoms. The van der Waals surface area contributed by atoms with E-state index in [1.165, 1.54) is 12.8 Å². The van der Waals surface area contributed by atoms with Gasteiger partial charge < -0.3 is 4.90 Å². The first-order valence-corrected chi connectivity index (χ1v) is 7.13. The van der Waals surface area contributed by atoms with Gasteiger partial charge in [0, 0.05) is 19.6 Å². The van der Waals surface area contributed by atoms with E-state index >= 15 is 0 Å². The molecular formula is C14H30N2O. The minimum atomic E-state index is 0.299. The molecule has 0 N–H and O–H groups in total. The van der Waals surface area contributed by atoms with Crippen LogP contribution < -0.4 is 0 Å². The van der Waals surface area contributed by atoms with Crippen molar-refractivity contribution >= 4 is 5.91 Å². The van der Waals surface area contributed by atoms with Crippen molar-refractivity contribution in [1.29, 1.82) is 0 Å². The van der Waals surface area contributed by atoms with Gasteiger partial charge in [-0.05, 0) is 32.2 Å². The minimum Gasteiger partial charge on any atom is -0.341 e. The van der Waals surface area contributed by atoms with Gasteiger partial charge in [-0.2, -0.15) is 0 Å². The second kappa shape index (κ2) is 9.46. The lowest BCUT2D eigenvalue weighted by Crippen LogP contribution is -2.50. The van der Waals surface area contributed by atoms with Crippen molar-refractivity contribution in [3.05, 3.63) is 0 Å². The van der Waals surface area contributed by atoms with E-state index in [-0.39, 0.29) is 0 Å². The Hall–Kier alpha value is -0.570. The van der Waals surface area contributed by atoms with Crippen LogP contribution >= 0.6 is 0 Å². The summed E-state index contributed by atoms with van der Waals surface area (Å²) < 4.78 is 0. The van der Waals surface area contributed by atoms with Crippen molar-refractivity contribution in [2.24, 2.45) is 5.92 Å². The number of amides is 1. The maximum absolute atomic E-state index is 11.6. The number of carbonyl (C=O) groups is 1. The molecular weight excluding hydrogens is 212 g/mol. The van der Waals surface area contributed by atoms with Crippen molar-refractivity contribution in [2.75, 3.05) is 32.7 Å². The van der Waals surface area contributed by atoms with Gasteiger partial charge in [-0.1, -0.05) is 27.7 Å². The first-order valence-electron chi connectivity index (χ1n) is 7.13. The number of hydrogen-bond acceptors (Lipinski definition) is 2. The lowest BCUT2D eigenvalue weighted by atomic mass is 10.1. The van der Waals surface area contributed by atoms with Crippen LogP contribution in [0.3, 0.4) is 0 Å². The van der Waals surface area contributed by atoms with Crippen LogP contribution in [0.15, 0.2) is 0 Å². The van der Waals surface area contributed by atoms with Crippen LogP contribution in [0.2, 0.25) is 0 Å². The van der Waals surface area contributed by atoms with Gasteiger partial charge in [0.1, 0.15) is 0 Å². The number of likely N-dealkylation sites (N-methyl/N-ethyl adjacent to an activating group) is 1. The number of hydrogen-bond donors (Lipinski definition) is 0. The summed E-state index contributed by atoms with van der Waals surface area (Å²) in [4.78, 5) is 15.8. The number of piperazine rings is 1. The van der Waals surface area contributed by atoms with E-state index in [0.29, 0.717) is 12.5 Å². The van der Waals surface area contributed by atoms with Gasteiger partial charge in [-0.25, -0.2) is 0 Å². The molecule has 3 nitrogen and oxygen atoms in total. The molecule has 0 unspecified atom stereocenters. The second-order valence-corrected chi connectivity index (χ2v) is 4.79. The average Bonchev–Trinajstić information content (AvgIpc) is 2.31. The molecule has 1 fully saturated rings. The molecule has 0 aliphatic carbocycles. The molecule has 0 radical (unpaired) electrons. The van der Waals surface area contributed by atoms with Crippen molar-refractivity contribution in [2.45, 2.75) is 47.5 Å². The van der Waals surface area contributed by atoms with Crippen LogP contribution in [0, 0.1) is 5.92 Å².